The highest BCUT2D eigenvalue weighted by atomic mass is 32.1. The molecule has 2 aromatic rings. The van der Waals surface area contributed by atoms with E-state index in [0.717, 1.165) is 42.7 Å². The lowest BCUT2D eigenvalue weighted by Gasteiger charge is -2.40. The lowest BCUT2D eigenvalue weighted by atomic mass is 9.77. The number of pyridine rings is 1. The number of amidine groups is 1. The zero-order valence-corrected chi connectivity index (χ0v) is 18.6. The molecular formula is C23H30N6OS. The number of nitrogens with zero attached hydrogens (tertiary/aromatic N) is 2. The Morgan fingerprint density at radius 2 is 1.97 bits per heavy atom. The topological polar surface area (TPSA) is 118 Å². The Morgan fingerprint density at radius 1 is 1.26 bits per heavy atom. The predicted molar refractivity (Wildman–Crippen MR) is 129 cm³/mol. The van der Waals surface area contributed by atoms with Crippen molar-refractivity contribution in [2.24, 2.45) is 16.5 Å². The molecule has 0 bridgehead atoms. The molecule has 1 fully saturated rings. The van der Waals surface area contributed by atoms with E-state index in [1.807, 2.05) is 30.5 Å². The first-order chi connectivity index (χ1) is 14.9. The van der Waals surface area contributed by atoms with Crippen LogP contribution in [0.4, 0.5) is 11.4 Å². The van der Waals surface area contributed by atoms with Crippen molar-refractivity contribution in [3.05, 3.63) is 60.6 Å². The van der Waals surface area contributed by atoms with Gasteiger partial charge in [-0.25, -0.2) is 4.99 Å². The van der Waals surface area contributed by atoms with E-state index in [2.05, 4.69) is 40.2 Å². The van der Waals surface area contributed by atoms with E-state index < -0.39 is 5.91 Å². The Bertz CT molecular complexity index is 934. The minimum absolute atomic E-state index is 0.0881. The molecule has 0 saturated heterocycles. The van der Waals surface area contributed by atoms with Gasteiger partial charge in [-0.15, -0.1) is 12.6 Å². The Balaban J connectivity index is 1.67. The first-order valence-corrected chi connectivity index (χ1v) is 10.9. The number of hydrogen-bond donors (Lipinski definition) is 5. The summed E-state index contributed by atoms with van der Waals surface area (Å²) in [5.41, 5.74) is 13.4. The third-order valence-corrected chi connectivity index (χ3v) is 6.11. The molecule has 1 aliphatic carbocycles. The molecule has 1 aromatic carbocycles. The maximum atomic E-state index is 12.0. The van der Waals surface area contributed by atoms with Crippen molar-refractivity contribution in [1.29, 1.82) is 0 Å². The quantitative estimate of drug-likeness (QED) is 0.187. The molecule has 6 N–H and O–H groups in total. The van der Waals surface area contributed by atoms with Crippen molar-refractivity contribution in [3.63, 3.8) is 0 Å². The summed E-state index contributed by atoms with van der Waals surface area (Å²) < 4.78 is 0. The molecule has 0 unspecified atom stereocenters. The maximum Gasteiger partial charge on any atom is 0.253 e. The highest BCUT2D eigenvalue weighted by Crippen LogP contribution is 2.32. The van der Waals surface area contributed by atoms with Crippen LogP contribution in [0.1, 0.15) is 39.0 Å². The van der Waals surface area contributed by atoms with E-state index in [-0.39, 0.29) is 16.9 Å². The highest BCUT2D eigenvalue weighted by molar-refractivity contribution is 7.80. The second-order valence-corrected chi connectivity index (χ2v) is 8.39. The van der Waals surface area contributed by atoms with Crippen LogP contribution >= 0.6 is 12.6 Å². The van der Waals surface area contributed by atoms with Crippen molar-refractivity contribution in [2.75, 3.05) is 5.32 Å². The summed E-state index contributed by atoms with van der Waals surface area (Å²) in [6.45, 7) is 2.15. The predicted octanol–water partition coefficient (Wildman–Crippen LogP) is 3.52. The number of thiol groups is 1. The molecule has 1 aromatic heterocycles. The molecular weight excluding hydrogens is 408 g/mol. The summed E-state index contributed by atoms with van der Waals surface area (Å²) in [4.78, 5) is 21.3. The number of nitrogens with one attached hydrogen (secondary N) is 2. The molecule has 0 aliphatic heterocycles. The number of anilines is 1. The molecule has 0 atom stereocenters. The zero-order chi connectivity index (χ0) is 22.3. The minimum atomic E-state index is -0.613. The third kappa shape index (κ3) is 6.24. The van der Waals surface area contributed by atoms with Gasteiger partial charge < -0.3 is 22.1 Å². The van der Waals surface area contributed by atoms with Gasteiger partial charge in [-0.05, 0) is 68.5 Å². The fourth-order valence-corrected chi connectivity index (χ4v) is 3.97. The van der Waals surface area contributed by atoms with Crippen molar-refractivity contribution in [1.82, 2.24) is 10.3 Å². The van der Waals surface area contributed by atoms with Crippen molar-refractivity contribution in [3.8, 4) is 0 Å². The molecule has 1 aliphatic rings. The molecule has 31 heavy (non-hydrogen) atoms. The van der Waals surface area contributed by atoms with E-state index in [9.17, 15) is 4.79 Å². The lowest BCUT2D eigenvalue weighted by molar-refractivity contribution is -0.114. The molecule has 7 nitrogen and oxygen atoms in total. The smallest absolute Gasteiger partial charge is 0.253 e. The average molecular weight is 439 g/mol. The third-order valence-electron chi connectivity index (χ3n) is 5.82. The van der Waals surface area contributed by atoms with Crippen molar-refractivity contribution >= 4 is 35.7 Å². The number of primary amides is 1. The van der Waals surface area contributed by atoms with Crippen LogP contribution in [-0.4, -0.2) is 28.3 Å². The van der Waals surface area contributed by atoms with Crippen LogP contribution in [-0.2, 0) is 4.79 Å². The molecule has 1 saturated carbocycles. The fraction of sp³-hybridized carbons (Fsp3) is 0.348. The first-order valence-electron chi connectivity index (χ1n) is 10.5. The number of amides is 1. The number of aromatic nitrogens is 1. The molecule has 0 radical (unpaired) electrons. The first kappa shape index (κ1) is 22.7. The number of aliphatic imine (C=N–C) groups is 1. The average Bonchev–Trinajstić information content (AvgIpc) is 2.77. The second kappa shape index (κ2) is 10.3. The number of nitrogens with two attached hydrogens (primary N) is 2. The van der Waals surface area contributed by atoms with Gasteiger partial charge in [0.1, 0.15) is 5.84 Å². The Hall–Kier alpha value is -3.00. The molecule has 8 heteroatoms. The normalized spacial score (nSPS) is 22.1. The van der Waals surface area contributed by atoms with Gasteiger partial charge in [-0.2, -0.15) is 0 Å². The van der Waals surface area contributed by atoms with E-state index >= 15 is 0 Å². The number of carbonyl (C=O) groups excluding carboxylic acids is 1. The van der Waals surface area contributed by atoms with Gasteiger partial charge in [0.05, 0.1) is 16.9 Å². The summed E-state index contributed by atoms with van der Waals surface area (Å²) in [7, 11) is 0. The number of hydrogen-bond acceptors (Lipinski definition) is 6. The maximum absolute atomic E-state index is 12.0. The molecule has 1 heterocycles. The summed E-state index contributed by atoms with van der Waals surface area (Å²) >= 11 is 4.26. The summed E-state index contributed by atoms with van der Waals surface area (Å²) in [5, 5.41) is 7.00. The SMILES string of the molecule is CCC1(N/C=C(/C(N)=O)C(N)=Nc2ccc(S)cc2)CCC(Nc2cccnc2)CC1. The Labute approximate surface area is 188 Å². The largest absolute Gasteiger partial charge is 0.385 e. The molecule has 1 amide bonds. The van der Waals surface area contributed by atoms with Crippen LogP contribution in [0, 0.1) is 0 Å². The monoisotopic (exact) mass is 438 g/mol. The lowest BCUT2D eigenvalue weighted by Crippen LogP contribution is -2.47. The second-order valence-electron chi connectivity index (χ2n) is 7.87. The van der Waals surface area contributed by atoms with Gasteiger partial charge in [0.15, 0.2) is 0 Å². The van der Waals surface area contributed by atoms with Gasteiger partial charge >= 0.3 is 0 Å². The van der Waals surface area contributed by atoms with Crippen molar-refractivity contribution in [2.45, 2.75) is 55.5 Å². The standard InChI is InChI=1S/C23H30N6OS/c1-2-23(11-9-17(10-12-23)28-18-4-3-13-26-14-18)27-15-20(22(25)30)21(24)29-16-5-7-19(31)8-6-16/h3-8,13-15,17,27-28,31H,2,9-12H2,1H3,(H2,24,29)(H2,25,30)/b20-15+. The molecule has 164 valence electrons. The van der Waals surface area contributed by atoms with Crippen LogP contribution in [0.15, 0.2) is 70.5 Å². The van der Waals surface area contributed by atoms with E-state index in [4.69, 9.17) is 11.5 Å². The summed E-state index contributed by atoms with van der Waals surface area (Å²) in [6.07, 6.45) is 10.1. The summed E-state index contributed by atoms with van der Waals surface area (Å²) in [5.74, 6) is -0.525. The van der Waals surface area contributed by atoms with E-state index in [1.165, 1.54) is 0 Å². The van der Waals surface area contributed by atoms with Gasteiger partial charge in [0.2, 0.25) is 0 Å². The van der Waals surface area contributed by atoms with Crippen LogP contribution in [0.3, 0.4) is 0 Å². The van der Waals surface area contributed by atoms with Gasteiger partial charge in [0.25, 0.3) is 5.91 Å². The number of rotatable bonds is 8. The highest BCUT2D eigenvalue weighted by Gasteiger charge is 2.33. The van der Waals surface area contributed by atoms with E-state index in [1.54, 1.807) is 24.5 Å². The van der Waals surface area contributed by atoms with Crippen molar-refractivity contribution < 1.29 is 4.79 Å². The fourth-order valence-electron chi connectivity index (χ4n) is 3.82. The zero-order valence-electron chi connectivity index (χ0n) is 17.7. The van der Waals surface area contributed by atoms with Crippen LogP contribution in [0.25, 0.3) is 0 Å². The van der Waals surface area contributed by atoms with Crippen LogP contribution in [0.2, 0.25) is 0 Å². The van der Waals surface area contributed by atoms with Gasteiger partial charge in [0, 0.05) is 35.1 Å². The minimum Gasteiger partial charge on any atom is -0.385 e. The Morgan fingerprint density at radius 3 is 2.55 bits per heavy atom. The molecule has 0 spiro atoms. The summed E-state index contributed by atoms with van der Waals surface area (Å²) in [6, 6.07) is 11.5. The van der Waals surface area contributed by atoms with Gasteiger partial charge in [-0.3, -0.25) is 9.78 Å². The number of carbonyl (C=O) groups is 1. The van der Waals surface area contributed by atoms with Gasteiger partial charge in [-0.1, -0.05) is 6.92 Å². The van der Waals surface area contributed by atoms with E-state index in [0.29, 0.717) is 11.7 Å². The van der Waals surface area contributed by atoms with Crippen LogP contribution < -0.4 is 22.1 Å². The molecule has 3 rings (SSSR count). The van der Waals surface area contributed by atoms with Crippen LogP contribution in [0.5, 0.6) is 0 Å². The number of benzene rings is 1. The Kier molecular flexibility index (Phi) is 7.57.